The monoisotopic (exact) mass is 284 g/mol. The van der Waals surface area contributed by atoms with E-state index in [1.165, 1.54) is 7.11 Å². The lowest BCUT2D eigenvalue weighted by molar-refractivity contribution is -0.175. The number of carbonyl (C=O) groups excluding carboxylic acids is 2. The van der Waals surface area contributed by atoms with Crippen molar-refractivity contribution in [3.63, 3.8) is 0 Å². The zero-order valence-corrected chi connectivity index (χ0v) is 11.1. The first-order chi connectivity index (χ1) is 8.81. The first kappa shape index (κ1) is 17.9. The number of methoxy groups -OCH3 is 1. The van der Waals surface area contributed by atoms with Crippen LogP contribution in [0.15, 0.2) is 0 Å². The number of esters is 1. The lowest BCUT2D eigenvalue weighted by atomic mass is 9.96. The summed E-state index contributed by atoms with van der Waals surface area (Å²) in [5.74, 6) is -1.99. The molecule has 112 valence electrons. The maximum atomic E-state index is 11.8. The zero-order valence-electron chi connectivity index (χ0n) is 11.1. The Labute approximate surface area is 110 Å². The summed E-state index contributed by atoms with van der Waals surface area (Å²) < 4.78 is 44.3. The molecule has 0 aromatic rings. The van der Waals surface area contributed by atoms with Crippen molar-refractivity contribution in [1.29, 1.82) is 0 Å². The zero-order chi connectivity index (χ0) is 14.9. The quantitative estimate of drug-likeness (QED) is 0.371. The van der Waals surface area contributed by atoms with Crippen molar-refractivity contribution >= 4 is 11.8 Å². The van der Waals surface area contributed by atoms with Crippen molar-refractivity contribution in [2.75, 3.05) is 20.3 Å². The standard InChI is InChI=1S/C12H19F3O4/c1-3-4-5-9(11(17)18-2)10(16)6-7-19-8-12(13,14)15/h9H,3-8H2,1-2H3. The molecule has 0 aliphatic heterocycles. The summed E-state index contributed by atoms with van der Waals surface area (Å²) >= 11 is 0. The Morgan fingerprint density at radius 2 is 1.89 bits per heavy atom. The van der Waals surface area contributed by atoms with Crippen molar-refractivity contribution < 1.29 is 32.2 Å². The summed E-state index contributed by atoms with van der Waals surface area (Å²) in [6, 6.07) is 0. The van der Waals surface area contributed by atoms with Crippen molar-refractivity contribution in [2.24, 2.45) is 5.92 Å². The number of carbonyl (C=O) groups is 2. The summed E-state index contributed by atoms with van der Waals surface area (Å²) in [5, 5.41) is 0. The number of halogens is 3. The summed E-state index contributed by atoms with van der Waals surface area (Å²) in [7, 11) is 1.18. The highest BCUT2D eigenvalue weighted by Gasteiger charge is 2.29. The van der Waals surface area contributed by atoms with Gasteiger partial charge in [0.25, 0.3) is 0 Å². The van der Waals surface area contributed by atoms with E-state index >= 15 is 0 Å². The third-order valence-corrected chi connectivity index (χ3v) is 2.48. The first-order valence-corrected chi connectivity index (χ1v) is 6.06. The summed E-state index contributed by atoms with van der Waals surface area (Å²) in [4.78, 5) is 23.1. The van der Waals surface area contributed by atoms with Gasteiger partial charge in [-0.15, -0.1) is 0 Å². The van der Waals surface area contributed by atoms with Crippen molar-refractivity contribution in [2.45, 2.75) is 38.8 Å². The largest absolute Gasteiger partial charge is 0.468 e. The normalized spacial score (nSPS) is 13.1. The Morgan fingerprint density at radius 3 is 2.37 bits per heavy atom. The van der Waals surface area contributed by atoms with Crippen molar-refractivity contribution in [1.82, 2.24) is 0 Å². The minimum absolute atomic E-state index is 0.223. The lowest BCUT2D eigenvalue weighted by Gasteiger charge is -2.13. The topological polar surface area (TPSA) is 52.6 Å². The number of ether oxygens (including phenoxy) is 2. The van der Waals surface area contributed by atoms with E-state index in [9.17, 15) is 22.8 Å². The molecule has 0 aromatic heterocycles. The summed E-state index contributed by atoms with van der Waals surface area (Å²) in [5.41, 5.74) is 0. The maximum Gasteiger partial charge on any atom is 0.411 e. The van der Waals surface area contributed by atoms with Crippen LogP contribution in [0, 0.1) is 5.92 Å². The van der Waals surface area contributed by atoms with Gasteiger partial charge in [0.05, 0.1) is 13.7 Å². The Bertz CT molecular complexity index is 289. The number of rotatable bonds is 9. The SMILES string of the molecule is CCCCC(C(=O)CCOCC(F)(F)F)C(=O)OC. The van der Waals surface area contributed by atoms with E-state index in [0.29, 0.717) is 12.8 Å². The minimum Gasteiger partial charge on any atom is -0.468 e. The molecule has 0 N–H and O–H groups in total. The molecular weight excluding hydrogens is 265 g/mol. The molecule has 0 heterocycles. The highest BCUT2D eigenvalue weighted by molar-refractivity contribution is 5.98. The van der Waals surface area contributed by atoms with Gasteiger partial charge in [-0.1, -0.05) is 19.8 Å². The lowest BCUT2D eigenvalue weighted by Crippen LogP contribution is -2.27. The van der Waals surface area contributed by atoms with Gasteiger partial charge < -0.3 is 9.47 Å². The van der Waals surface area contributed by atoms with Gasteiger partial charge in [0, 0.05) is 6.42 Å². The molecule has 0 bridgehead atoms. The van der Waals surface area contributed by atoms with Crippen LogP contribution < -0.4 is 0 Å². The van der Waals surface area contributed by atoms with E-state index in [1.54, 1.807) is 0 Å². The van der Waals surface area contributed by atoms with Gasteiger partial charge in [-0.2, -0.15) is 13.2 Å². The third-order valence-electron chi connectivity index (χ3n) is 2.48. The van der Waals surface area contributed by atoms with Gasteiger partial charge >= 0.3 is 12.1 Å². The van der Waals surface area contributed by atoms with E-state index < -0.39 is 30.5 Å². The van der Waals surface area contributed by atoms with E-state index in [0.717, 1.165) is 6.42 Å². The predicted molar refractivity (Wildman–Crippen MR) is 61.5 cm³/mol. The Balaban J connectivity index is 4.14. The van der Waals surface area contributed by atoms with Gasteiger partial charge in [-0.25, -0.2) is 0 Å². The molecule has 19 heavy (non-hydrogen) atoms. The molecule has 0 rings (SSSR count). The van der Waals surface area contributed by atoms with Gasteiger partial charge in [0.2, 0.25) is 0 Å². The minimum atomic E-state index is -4.41. The Kier molecular flexibility index (Phi) is 8.38. The van der Waals surface area contributed by atoms with Crippen LogP contribution in [-0.2, 0) is 19.1 Å². The van der Waals surface area contributed by atoms with E-state index in [1.807, 2.05) is 6.92 Å². The van der Waals surface area contributed by atoms with Gasteiger partial charge in [-0.05, 0) is 6.42 Å². The molecule has 7 heteroatoms. The second-order valence-corrected chi connectivity index (χ2v) is 4.10. The van der Waals surface area contributed by atoms with Crippen LogP contribution in [0.1, 0.15) is 32.6 Å². The molecule has 0 saturated carbocycles. The highest BCUT2D eigenvalue weighted by atomic mass is 19.4. The molecule has 0 fully saturated rings. The highest BCUT2D eigenvalue weighted by Crippen LogP contribution is 2.16. The van der Waals surface area contributed by atoms with Gasteiger partial charge in [-0.3, -0.25) is 9.59 Å². The average Bonchev–Trinajstić information content (AvgIpc) is 2.33. The van der Waals surface area contributed by atoms with Crippen LogP contribution in [0.5, 0.6) is 0 Å². The number of hydrogen-bond donors (Lipinski definition) is 0. The van der Waals surface area contributed by atoms with E-state index in [2.05, 4.69) is 9.47 Å². The fraction of sp³-hybridized carbons (Fsp3) is 0.833. The van der Waals surface area contributed by atoms with Crippen LogP contribution in [0.25, 0.3) is 0 Å². The van der Waals surface area contributed by atoms with Crippen LogP contribution in [0.4, 0.5) is 13.2 Å². The van der Waals surface area contributed by atoms with Gasteiger partial charge in [0.1, 0.15) is 18.3 Å². The molecule has 0 amide bonds. The molecule has 0 aliphatic carbocycles. The molecule has 0 radical (unpaired) electrons. The Hall–Kier alpha value is -1.11. The molecule has 1 unspecified atom stereocenters. The molecule has 1 atom stereocenters. The molecule has 0 aromatic carbocycles. The number of Topliss-reactive ketones (excluding diaryl/α,β-unsaturated/α-hetero) is 1. The maximum absolute atomic E-state index is 11.8. The van der Waals surface area contributed by atoms with E-state index in [-0.39, 0.29) is 13.0 Å². The summed E-state index contributed by atoms with van der Waals surface area (Å²) in [6.45, 7) is 0.168. The molecule has 0 aliphatic rings. The van der Waals surface area contributed by atoms with Crippen LogP contribution in [-0.4, -0.2) is 38.3 Å². The molecule has 4 nitrogen and oxygen atoms in total. The number of hydrogen-bond acceptors (Lipinski definition) is 4. The van der Waals surface area contributed by atoms with E-state index in [4.69, 9.17) is 0 Å². The predicted octanol–water partition coefficient (Wildman–Crippen LogP) is 2.50. The van der Waals surface area contributed by atoms with Gasteiger partial charge in [0.15, 0.2) is 0 Å². The first-order valence-electron chi connectivity index (χ1n) is 6.06. The van der Waals surface area contributed by atoms with Crippen molar-refractivity contribution in [3.8, 4) is 0 Å². The van der Waals surface area contributed by atoms with Crippen LogP contribution in [0.2, 0.25) is 0 Å². The van der Waals surface area contributed by atoms with Crippen molar-refractivity contribution in [3.05, 3.63) is 0 Å². The molecule has 0 spiro atoms. The summed E-state index contributed by atoms with van der Waals surface area (Å²) in [6.07, 6.45) is -2.80. The second-order valence-electron chi connectivity index (χ2n) is 4.10. The fourth-order valence-corrected chi connectivity index (χ4v) is 1.50. The smallest absolute Gasteiger partial charge is 0.411 e. The number of unbranched alkanes of at least 4 members (excludes halogenated alkanes) is 1. The fourth-order valence-electron chi connectivity index (χ4n) is 1.50. The second kappa shape index (κ2) is 8.90. The number of ketones is 1. The third kappa shape index (κ3) is 8.58. The average molecular weight is 284 g/mol. The molecule has 0 saturated heterocycles. The molecular formula is C12H19F3O4. The number of alkyl halides is 3. The van der Waals surface area contributed by atoms with Crippen LogP contribution in [0.3, 0.4) is 0 Å². The Morgan fingerprint density at radius 1 is 1.26 bits per heavy atom. The van der Waals surface area contributed by atoms with Crippen LogP contribution >= 0.6 is 0 Å².